The minimum atomic E-state index is 0.520. The van der Waals surface area contributed by atoms with Crippen molar-refractivity contribution in [3.8, 4) is 0 Å². The number of hydrogen-bond acceptors (Lipinski definition) is 1. The van der Waals surface area contributed by atoms with Crippen LogP contribution in [0, 0.1) is 11.8 Å². The molecule has 0 saturated heterocycles. The second-order valence-electron chi connectivity index (χ2n) is 9.21. The van der Waals surface area contributed by atoms with E-state index in [-0.39, 0.29) is 0 Å². The van der Waals surface area contributed by atoms with E-state index in [4.69, 9.17) is 0 Å². The first-order valence-electron chi connectivity index (χ1n) is 11.6. The molecule has 1 nitrogen and oxygen atoms in total. The molecule has 3 aliphatic rings. The fraction of sp³-hybridized carbons (Fsp3) is 0.429. The first kappa shape index (κ1) is 18.9. The van der Waals surface area contributed by atoms with Crippen LogP contribution in [0.3, 0.4) is 0 Å². The summed E-state index contributed by atoms with van der Waals surface area (Å²) in [6.45, 7) is 0. The second kappa shape index (κ2) is 8.71. The lowest BCUT2D eigenvalue weighted by Gasteiger charge is -2.46. The lowest BCUT2D eigenvalue weighted by atomic mass is 9.66. The van der Waals surface area contributed by atoms with E-state index in [9.17, 15) is 0 Å². The molecule has 6 atom stereocenters. The van der Waals surface area contributed by atoms with Gasteiger partial charge in [-0.05, 0) is 60.5 Å². The molecule has 2 saturated carbocycles. The van der Waals surface area contributed by atoms with Gasteiger partial charge in [-0.3, -0.25) is 0 Å². The molecule has 0 aromatic heterocycles. The number of rotatable bonds is 4. The topological polar surface area (TPSA) is 12.0 Å². The van der Waals surface area contributed by atoms with E-state index in [1.807, 2.05) is 0 Å². The zero-order valence-electron chi connectivity index (χ0n) is 17.3. The predicted molar refractivity (Wildman–Crippen MR) is 122 cm³/mol. The van der Waals surface area contributed by atoms with Crippen LogP contribution in [0.4, 0.5) is 0 Å². The SMILES string of the molecule is C1=CC2C(N[C@@H]3CCCCC3c3ccccc3)C(c3ccccc3)CC[C@@H]2C=C1. The molecule has 1 N–H and O–H groups in total. The van der Waals surface area contributed by atoms with E-state index in [1.54, 1.807) is 0 Å². The van der Waals surface area contributed by atoms with Gasteiger partial charge in [0.15, 0.2) is 0 Å². The summed E-state index contributed by atoms with van der Waals surface area (Å²) in [4.78, 5) is 0. The van der Waals surface area contributed by atoms with E-state index < -0.39 is 0 Å². The lowest BCUT2D eigenvalue weighted by molar-refractivity contribution is 0.182. The molecule has 0 heterocycles. The number of hydrogen-bond donors (Lipinski definition) is 1. The van der Waals surface area contributed by atoms with Crippen molar-refractivity contribution in [3.63, 3.8) is 0 Å². The van der Waals surface area contributed by atoms with Gasteiger partial charge in [-0.1, -0.05) is 97.8 Å². The van der Waals surface area contributed by atoms with Crippen molar-refractivity contribution in [2.24, 2.45) is 11.8 Å². The highest BCUT2D eigenvalue weighted by Crippen LogP contribution is 2.44. The average molecular weight is 384 g/mol. The Bertz CT molecular complexity index is 837. The molecule has 1 heteroatoms. The van der Waals surface area contributed by atoms with Gasteiger partial charge in [0, 0.05) is 12.1 Å². The monoisotopic (exact) mass is 383 g/mol. The minimum absolute atomic E-state index is 0.520. The summed E-state index contributed by atoms with van der Waals surface area (Å²) in [6.07, 6.45) is 17.4. The van der Waals surface area contributed by atoms with Crippen LogP contribution in [-0.4, -0.2) is 12.1 Å². The highest BCUT2D eigenvalue weighted by Gasteiger charge is 2.40. The normalized spacial score (nSPS) is 33.9. The molecule has 5 rings (SSSR count). The Morgan fingerprint density at radius 1 is 0.621 bits per heavy atom. The minimum Gasteiger partial charge on any atom is -0.309 e. The van der Waals surface area contributed by atoms with E-state index in [0.29, 0.717) is 35.8 Å². The Labute approximate surface area is 175 Å². The van der Waals surface area contributed by atoms with Crippen molar-refractivity contribution < 1.29 is 0 Å². The highest BCUT2D eigenvalue weighted by atomic mass is 15.0. The molecular weight excluding hydrogens is 350 g/mol. The Balaban J connectivity index is 1.44. The number of nitrogens with one attached hydrogen (secondary N) is 1. The van der Waals surface area contributed by atoms with Crippen LogP contribution in [0.2, 0.25) is 0 Å². The van der Waals surface area contributed by atoms with E-state index in [1.165, 1.54) is 49.7 Å². The third-order valence-corrected chi connectivity index (χ3v) is 7.58. The Morgan fingerprint density at radius 3 is 2.03 bits per heavy atom. The Morgan fingerprint density at radius 2 is 1.28 bits per heavy atom. The maximum atomic E-state index is 4.27. The van der Waals surface area contributed by atoms with Crippen molar-refractivity contribution >= 4 is 0 Å². The zero-order valence-corrected chi connectivity index (χ0v) is 17.3. The van der Waals surface area contributed by atoms with Crippen molar-refractivity contribution in [1.29, 1.82) is 0 Å². The third kappa shape index (κ3) is 3.98. The van der Waals surface area contributed by atoms with Crippen molar-refractivity contribution in [2.45, 2.75) is 62.4 Å². The number of fused-ring (bicyclic) bond motifs is 1. The summed E-state index contributed by atoms with van der Waals surface area (Å²) in [7, 11) is 0. The van der Waals surface area contributed by atoms with Crippen LogP contribution >= 0.6 is 0 Å². The lowest BCUT2D eigenvalue weighted by Crippen LogP contribution is -2.52. The molecule has 0 aliphatic heterocycles. The molecule has 0 bridgehead atoms. The molecule has 2 fully saturated rings. The van der Waals surface area contributed by atoms with Crippen LogP contribution in [0.1, 0.15) is 61.5 Å². The van der Waals surface area contributed by atoms with Crippen LogP contribution in [-0.2, 0) is 0 Å². The van der Waals surface area contributed by atoms with E-state index in [0.717, 1.165) is 0 Å². The Kier molecular flexibility index (Phi) is 5.67. The van der Waals surface area contributed by atoms with Gasteiger partial charge in [0.25, 0.3) is 0 Å². The van der Waals surface area contributed by atoms with Gasteiger partial charge >= 0.3 is 0 Å². The maximum Gasteiger partial charge on any atom is 0.0207 e. The van der Waals surface area contributed by atoms with Gasteiger partial charge in [0.2, 0.25) is 0 Å². The highest BCUT2D eigenvalue weighted by molar-refractivity contribution is 5.28. The molecule has 0 amide bonds. The largest absolute Gasteiger partial charge is 0.309 e. The zero-order chi connectivity index (χ0) is 19.5. The van der Waals surface area contributed by atoms with Crippen LogP contribution in [0.15, 0.2) is 85.0 Å². The molecule has 2 aromatic rings. The maximum absolute atomic E-state index is 4.27. The Hall–Kier alpha value is -2.12. The van der Waals surface area contributed by atoms with Gasteiger partial charge in [0.1, 0.15) is 0 Å². The van der Waals surface area contributed by atoms with Gasteiger partial charge in [0.05, 0.1) is 0 Å². The van der Waals surface area contributed by atoms with Gasteiger partial charge in [-0.2, -0.15) is 0 Å². The standard InChI is InChI=1S/C28H33N/c1-3-11-21(12-4-1)24-16-9-10-18-27(24)29-28-25-17-8-7-15-23(25)19-20-26(28)22-13-5-2-6-14-22/h1-8,11-15,17,23-29H,9-10,16,18-20H2/t23-,24?,25?,26?,27+,28?/m0/s1. The van der Waals surface area contributed by atoms with Crippen molar-refractivity contribution in [3.05, 3.63) is 96.1 Å². The molecule has 2 aromatic carbocycles. The molecule has 0 spiro atoms. The second-order valence-corrected chi connectivity index (χ2v) is 9.21. The van der Waals surface area contributed by atoms with Gasteiger partial charge < -0.3 is 5.32 Å². The van der Waals surface area contributed by atoms with Crippen LogP contribution in [0.5, 0.6) is 0 Å². The third-order valence-electron chi connectivity index (χ3n) is 7.58. The summed E-state index contributed by atoms with van der Waals surface area (Å²) in [5, 5.41) is 4.27. The smallest absolute Gasteiger partial charge is 0.0207 e. The fourth-order valence-corrected chi connectivity index (χ4v) is 6.14. The van der Waals surface area contributed by atoms with Crippen molar-refractivity contribution in [1.82, 2.24) is 5.32 Å². The van der Waals surface area contributed by atoms with Gasteiger partial charge in [-0.25, -0.2) is 0 Å². The molecule has 150 valence electrons. The van der Waals surface area contributed by atoms with E-state index >= 15 is 0 Å². The quantitative estimate of drug-likeness (QED) is 0.626. The molecule has 4 unspecified atom stereocenters. The van der Waals surface area contributed by atoms with Crippen LogP contribution in [0.25, 0.3) is 0 Å². The molecular formula is C28H33N. The summed E-state index contributed by atoms with van der Waals surface area (Å²) in [5.41, 5.74) is 3.03. The summed E-state index contributed by atoms with van der Waals surface area (Å²) in [5.74, 6) is 2.55. The average Bonchev–Trinajstić information content (AvgIpc) is 2.81. The van der Waals surface area contributed by atoms with Crippen molar-refractivity contribution in [2.75, 3.05) is 0 Å². The van der Waals surface area contributed by atoms with Gasteiger partial charge in [-0.15, -0.1) is 0 Å². The summed E-state index contributed by atoms with van der Waals surface area (Å²) < 4.78 is 0. The fourth-order valence-electron chi connectivity index (χ4n) is 6.14. The van der Waals surface area contributed by atoms with E-state index in [2.05, 4.69) is 90.3 Å². The predicted octanol–water partition coefficient (Wildman–Crippen LogP) is 6.61. The summed E-state index contributed by atoms with van der Waals surface area (Å²) >= 11 is 0. The van der Waals surface area contributed by atoms with Crippen LogP contribution < -0.4 is 5.32 Å². The summed E-state index contributed by atoms with van der Waals surface area (Å²) in [6, 6.07) is 23.6. The first-order chi connectivity index (χ1) is 14.4. The molecule has 0 radical (unpaired) electrons. The number of benzene rings is 2. The molecule has 3 aliphatic carbocycles. The number of allylic oxidation sites excluding steroid dienone is 3. The first-order valence-corrected chi connectivity index (χ1v) is 11.6. The molecule has 29 heavy (non-hydrogen) atoms.